The van der Waals surface area contributed by atoms with Gasteiger partial charge in [-0.2, -0.15) is 5.10 Å². The number of hydrazone groups is 1. The van der Waals surface area contributed by atoms with Gasteiger partial charge in [-0.3, -0.25) is 9.59 Å². The van der Waals surface area contributed by atoms with Crippen LogP contribution in [0.15, 0.2) is 58.4 Å². The molecule has 1 aromatic heterocycles. The topological polar surface area (TPSA) is 86.8 Å². The molecule has 7 heteroatoms. The molecule has 0 aliphatic heterocycles. The molecule has 0 saturated heterocycles. The molecular formula is C21H22N4O3. The number of carbonyl (C=O) groups is 1. The molecule has 0 saturated carbocycles. The van der Waals surface area contributed by atoms with E-state index in [-0.39, 0.29) is 12.2 Å². The Morgan fingerprint density at radius 3 is 2.64 bits per heavy atom. The van der Waals surface area contributed by atoms with E-state index in [0.717, 1.165) is 22.2 Å². The summed E-state index contributed by atoms with van der Waals surface area (Å²) >= 11 is 0. The Hall–Kier alpha value is -3.61. The van der Waals surface area contributed by atoms with Crippen LogP contribution in [-0.4, -0.2) is 37.8 Å². The van der Waals surface area contributed by atoms with Crippen LogP contribution in [0.4, 0.5) is 5.69 Å². The SMILES string of the molecule is Cc1ccc2c(OCC(=O)N/N=C/c3ccc(N(C)C)cc3)cc(=O)[nH]c2c1. The van der Waals surface area contributed by atoms with E-state index in [0.29, 0.717) is 11.3 Å². The number of H-pyrrole nitrogens is 1. The molecule has 2 aromatic carbocycles. The number of hydrogen-bond donors (Lipinski definition) is 2. The van der Waals surface area contributed by atoms with Crippen molar-refractivity contribution in [2.75, 3.05) is 25.6 Å². The van der Waals surface area contributed by atoms with E-state index in [1.54, 1.807) is 6.21 Å². The Balaban J connectivity index is 1.60. The van der Waals surface area contributed by atoms with Gasteiger partial charge in [0.2, 0.25) is 0 Å². The number of pyridine rings is 1. The summed E-state index contributed by atoms with van der Waals surface area (Å²) in [5, 5.41) is 4.67. The number of nitrogens with one attached hydrogen (secondary N) is 2. The average molecular weight is 378 g/mol. The van der Waals surface area contributed by atoms with Crippen LogP contribution in [0.25, 0.3) is 10.9 Å². The highest BCUT2D eigenvalue weighted by Crippen LogP contribution is 2.22. The second kappa shape index (κ2) is 8.39. The van der Waals surface area contributed by atoms with Crippen molar-refractivity contribution < 1.29 is 9.53 Å². The normalized spacial score (nSPS) is 11.0. The number of fused-ring (bicyclic) bond motifs is 1. The second-order valence-electron chi connectivity index (χ2n) is 6.61. The number of rotatable bonds is 6. The first-order valence-corrected chi connectivity index (χ1v) is 8.78. The van der Waals surface area contributed by atoms with E-state index in [2.05, 4.69) is 15.5 Å². The maximum absolute atomic E-state index is 12.0. The lowest BCUT2D eigenvalue weighted by Crippen LogP contribution is -2.25. The molecule has 0 spiro atoms. The predicted molar refractivity (Wildman–Crippen MR) is 111 cm³/mol. The minimum atomic E-state index is -0.415. The summed E-state index contributed by atoms with van der Waals surface area (Å²) in [4.78, 5) is 28.5. The molecule has 144 valence electrons. The van der Waals surface area contributed by atoms with Crippen molar-refractivity contribution in [1.82, 2.24) is 10.4 Å². The zero-order valence-corrected chi connectivity index (χ0v) is 16.0. The van der Waals surface area contributed by atoms with Crippen LogP contribution in [0.5, 0.6) is 5.75 Å². The first-order chi connectivity index (χ1) is 13.4. The first kappa shape index (κ1) is 19.2. The highest BCUT2D eigenvalue weighted by atomic mass is 16.5. The minimum Gasteiger partial charge on any atom is -0.483 e. The summed E-state index contributed by atoms with van der Waals surface area (Å²) in [5.41, 5.74) is 5.77. The van der Waals surface area contributed by atoms with Gasteiger partial charge >= 0.3 is 0 Å². The van der Waals surface area contributed by atoms with E-state index in [1.165, 1.54) is 6.07 Å². The third kappa shape index (κ3) is 4.76. The molecule has 0 aliphatic rings. The number of aromatic amines is 1. The van der Waals surface area contributed by atoms with Gasteiger partial charge in [-0.15, -0.1) is 0 Å². The predicted octanol–water partition coefficient (Wildman–Crippen LogP) is 2.43. The molecule has 1 amide bonds. The molecule has 0 bridgehead atoms. The fourth-order valence-corrected chi connectivity index (χ4v) is 2.67. The van der Waals surface area contributed by atoms with Gasteiger partial charge in [-0.1, -0.05) is 18.2 Å². The van der Waals surface area contributed by atoms with Crippen molar-refractivity contribution in [2.45, 2.75) is 6.92 Å². The average Bonchev–Trinajstić information content (AvgIpc) is 2.66. The molecule has 0 fully saturated rings. The van der Waals surface area contributed by atoms with Crippen molar-refractivity contribution >= 4 is 28.7 Å². The molecule has 0 radical (unpaired) electrons. The van der Waals surface area contributed by atoms with Crippen LogP contribution in [0.1, 0.15) is 11.1 Å². The maximum Gasteiger partial charge on any atom is 0.277 e. The van der Waals surface area contributed by atoms with Gasteiger partial charge in [-0.25, -0.2) is 5.43 Å². The van der Waals surface area contributed by atoms with Crippen molar-refractivity contribution in [3.05, 3.63) is 70.0 Å². The van der Waals surface area contributed by atoms with E-state index < -0.39 is 5.91 Å². The van der Waals surface area contributed by atoms with Crippen LogP contribution in [0.3, 0.4) is 0 Å². The minimum absolute atomic E-state index is 0.247. The summed E-state index contributed by atoms with van der Waals surface area (Å²) in [6.07, 6.45) is 1.56. The van der Waals surface area contributed by atoms with E-state index in [9.17, 15) is 9.59 Å². The Morgan fingerprint density at radius 1 is 1.18 bits per heavy atom. The third-order valence-corrected chi connectivity index (χ3v) is 4.13. The lowest BCUT2D eigenvalue weighted by atomic mass is 10.1. The van der Waals surface area contributed by atoms with Gasteiger partial charge in [0.1, 0.15) is 5.75 Å². The van der Waals surface area contributed by atoms with Crippen LogP contribution < -0.4 is 20.6 Å². The van der Waals surface area contributed by atoms with Crippen molar-refractivity contribution in [3.8, 4) is 5.75 Å². The maximum atomic E-state index is 12.0. The van der Waals surface area contributed by atoms with Gasteiger partial charge in [0.15, 0.2) is 6.61 Å². The van der Waals surface area contributed by atoms with Gasteiger partial charge in [0.25, 0.3) is 11.5 Å². The van der Waals surface area contributed by atoms with Gasteiger partial charge in [0.05, 0.1) is 11.7 Å². The number of hydrogen-bond acceptors (Lipinski definition) is 5. The summed E-state index contributed by atoms with van der Waals surface area (Å²) in [6, 6.07) is 14.7. The summed E-state index contributed by atoms with van der Waals surface area (Å²) in [5.74, 6) is -0.0566. The Bertz CT molecular complexity index is 1070. The number of aromatic nitrogens is 1. The highest BCUT2D eigenvalue weighted by Gasteiger charge is 2.07. The smallest absolute Gasteiger partial charge is 0.277 e. The fourth-order valence-electron chi connectivity index (χ4n) is 2.67. The summed E-state index contributed by atoms with van der Waals surface area (Å²) in [7, 11) is 3.93. The number of carbonyl (C=O) groups excluding carboxylic acids is 1. The molecule has 0 aliphatic carbocycles. The lowest BCUT2D eigenvalue weighted by Gasteiger charge is -2.11. The molecule has 3 rings (SSSR count). The monoisotopic (exact) mass is 378 g/mol. The van der Waals surface area contributed by atoms with Crippen molar-refractivity contribution in [3.63, 3.8) is 0 Å². The summed E-state index contributed by atoms with van der Waals surface area (Å²) in [6.45, 7) is 1.69. The third-order valence-electron chi connectivity index (χ3n) is 4.13. The van der Waals surface area contributed by atoms with E-state index in [4.69, 9.17) is 4.74 Å². The molecule has 1 heterocycles. The Labute approximate surface area is 162 Å². The second-order valence-corrected chi connectivity index (χ2v) is 6.61. The summed E-state index contributed by atoms with van der Waals surface area (Å²) < 4.78 is 5.54. The zero-order chi connectivity index (χ0) is 20.1. The molecule has 2 N–H and O–H groups in total. The number of aryl methyl sites for hydroxylation is 1. The lowest BCUT2D eigenvalue weighted by molar-refractivity contribution is -0.123. The molecule has 0 atom stereocenters. The van der Waals surface area contributed by atoms with Crippen LogP contribution >= 0.6 is 0 Å². The van der Waals surface area contributed by atoms with Crippen molar-refractivity contribution in [1.29, 1.82) is 0 Å². The number of ether oxygens (including phenoxy) is 1. The largest absolute Gasteiger partial charge is 0.483 e. The van der Waals surface area contributed by atoms with Gasteiger partial charge in [0, 0.05) is 31.2 Å². The molecule has 3 aromatic rings. The van der Waals surface area contributed by atoms with Gasteiger partial charge in [-0.05, 0) is 42.3 Å². The standard InChI is InChI=1S/C21H22N4O3/c1-14-4-9-17-18(10-14)23-20(26)11-19(17)28-13-21(27)24-22-12-15-5-7-16(8-6-15)25(2)3/h4-12H,13H2,1-3H3,(H,23,26)(H,24,27)/b22-12+. The Kier molecular flexibility index (Phi) is 5.74. The number of amides is 1. The number of anilines is 1. The number of benzene rings is 2. The van der Waals surface area contributed by atoms with Crippen molar-refractivity contribution in [2.24, 2.45) is 5.10 Å². The quantitative estimate of drug-likeness (QED) is 0.509. The highest BCUT2D eigenvalue weighted by molar-refractivity contribution is 5.86. The molecule has 28 heavy (non-hydrogen) atoms. The van der Waals surface area contributed by atoms with Crippen LogP contribution in [0, 0.1) is 6.92 Å². The fraction of sp³-hybridized carbons (Fsp3) is 0.190. The molecule has 7 nitrogen and oxygen atoms in total. The molecular weight excluding hydrogens is 356 g/mol. The zero-order valence-electron chi connectivity index (χ0n) is 16.0. The Morgan fingerprint density at radius 2 is 1.93 bits per heavy atom. The van der Waals surface area contributed by atoms with E-state index in [1.807, 2.05) is 68.4 Å². The van der Waals surface area contributed by atoms with Crippen LogP contribution in [-0.2, 0) is 4.79 Å². The van der Waals surface area contributed by atoms with Gasteiger partial charge < -0.3 is 14.6 Å². The molecule has 0 unspecified atom stereocenters. The first-order valence-electron chi connectivity index (χ1n) is 8.78. The van der Waals surface area contributed by atoms with E-state index >= 15 is 0 Å². The number of nitrogens with zero attached hydrogens (tertiary/aromatic N) is 2. The van der Waals surface area contributed by atoms with Crippen LogP contribution in [0.2, 0.25) is 0 Å².